The average molecular weight is 402 g/mol. The molecule has 2 aliphatic heterocycles. The van der Waals surface area contributed by atoms with Gasteiger partial charge in [0.2, 0.25) is 5.91 Å². The molecule has 2 fully saturated rings. The molecule has 1 saturated carbocycles. The maximum Gasteiger partial charge on any atom is 0.251 e. The molecule has 1 aromatic rings. The van der Waals surface area contributed by atoms with E-state index >= 15 is 0 Å². The van der Waals surface area contributed by atoms with Crippen LogP contribution in [0.3, 0.4) is 0 Å². The highest BCUT2D eigenvalue weighted by Gasteiger charge is 2.40. The predicted octanol–water partition coefficient (Wildman–Crippen LogP) is 3.08. The molecule has 1 aromatic carbocycles. The van der Waals surface area contributed by atoms with Crippen LogP contribution in [-0.4, -0.2) is 59.9 Å². The summed E-state index contributed by atoms with van der Waals surface area (Å²) in [5.41, 5.74) is 2.95. The summed E-state index contributed by atoms with van der Waals surface area (Å²) in [4.78, 5) is 29.4. The fourth-order valence-corrected chi connectivity index (χ4v) is 5.92. The Balaban J connectivity index is 1.43. The summed E-state index contributed by atoms with van der Waals surface area (Å²) in [6.07, 6.45) is 6.25. The number of anilines is 1. The Hall–Kier alpha value is -1.53. The Bertz CT molecular complexity index is 739. The molecule has 2 amide bonds. The Labute approximate surface area is 172 Å². The summed E-state index contributed by atoms with van der Waals surface area (Å²) < 4.78 is 0. The molecule has 152 valence electrons. The number of thioether (sulfide) groups is 1. The number of amides is 2. The highest BCUT2D eigenvalue weighted by molar-refractivity contribution is 7.99. The number of nitrogens with zero attached hydrogens (tertiary/aromatic N) is 2. The largest absolute Gasteiger partial charge is 0.350 e. The smallest absolute Gasteiger partial charge is 0.251 e. The van der Waals surface area contributed by atoms with Gasteiger partial charge >= 0.3 is 0 Å². The van der Waals surface area contributed by atoms with Crippen LogP contribution in [0.4, 0.5) is 5.69 Å². The van der Waals surface area contributed by atoms with Gasteiger partial charge in [-0.2, -0.15) is 11.8 Å². The molecule has 1 N–H and O–H groups in total. The summed E-state index contributed by atoms with van der Waals surface area (Å²) >= 11 is 2.04. The number of hydrogen-bond donors (Lipinski definition) is 1. The monoisotopic (exact) mass is 401 g/mol. The average Bonchev–Trinajstić information content (AvgIpc) is 3.39. The lowest BCUT2D eigenvalue weighted by atomic mass is 9.94. The molecule has 3 aliphatic rings. The van der Waals surface area contributed by atoms with E-state index in [4.69, 9.17) is 0 Å². The lowest BCUT2D eigenvalue weighted by Crippen LogP contribution is -2.56. The third-order valence-electron chi connectivity index (χ3n) is 6.63. The van der Waals surface area contributed by atoms with Crippen LogP contribution in [0.1, 0.15) is 54.9 Å². The number of carbonyl (C=O) groups excluding carboxylic acids is 2. The fourth-order valence-electron chi connectivity index (χ4n) is 5.02. The number of fused-ring (bicyclic) bond motifs is 1. The number of rotatable bonds is 5. The topological polar surface area (TPSA) is 52.7 Å². The summed E-state index contributed by atoms with van der Waals surface area (Å²) in [6, 6.07) is 5.79. The van der Waals surface area contributed by atoms with Crippen LogP contribution in [-0.2, 0) is 11.2 Å². The van der Waals surface area contributed by atoms with Crippen LogP contribution in [0.15, 0.2) is 18.2 Å². The number of carbonyl (C=O) groups is 2. The van der Waals surface area contributed by atoms with Gasteiger partial charge in [-0.1, -0.05) is 19.8 Å². The van der Waals surface area contributed by atoms with E-state index in [0.717, 1.165) is 43.9 Å². The van der Waals surface area contributed by atoms with Gasteiger partial charge in [-0.3, -0.25) is 14.5 Å². The SMILES string of the molecule is CCC(=O)N1CCc2cc(C(=O)NCC3(N4CCSCC4)CCCC3)ccc21. The van der Waals surface area contributed by atoms with Crippen molar-refractivity contribution >= 4 is 29.3 Å². The van der Waals surface area contributed by atoms with Crippen molar-refractivity contribution < 1.29 is 9.59 Å². The Kier molecular flexibility index (Phi) is 5.97. The first-order chi connectivity index (χ1) is 13.6. The Morgan fingerprint density at radius 2 is 1.89 bits per heavy atom. The zero-order valence-electron chi connectivity index (χ0n) is 16.8. The first-order valence-corrected chi connectivity index (χ1v) is 11.8. The Morgan fingerprint density at radius 3 is 2.61 bits per heavy atom. The number of benzene rings is 1. The van der Waals surface area contributed by atoms with E-state index in [9.17, 15) is 9.59 Å². The second-order valence-electron chi connectivity index (χ2n) is 8.21. The van der Waals surface area contributed by atoms with Crippen molar-refractivity contribution in [3.05, 3.63) is 29.3 Å². The molecule has 6 heteroatoms. The third kappa shape index (κ3) is 3.81. The van der Waals surface area contributed by atoms with E-state index in [-0.39, 0.29) is 17.4 Å². The molecule has 4 rings (SSSR count). The number of nitrogens with one attached hydrogen (secondary N) is 1. The van der Waals surface area contributed by atoms with Crippen LogP contribution in [0.5, 0.6) is 0 Å². The lowest BCUT2D eigenvalue weighted by molar-refractivity contribution is -0.118. The summed E-state index contributed by atoms with van der Waals surface area (Å²) in [7, 11) is 0. The lowest BCUT2D eigenvalue weighted by Gasteiger charge is -2.43. The van der Waals surface area contributed by atoms with Crippen molar-refractivity contribution in [3.63, 3.8) is 0 Å². The minimum absolute atomic E-state index is 0.0146. The normalized spacial score (nSPS) is 21.5. The van der Waals surface area contributed by atoms with Crippen LogP contribution < -0.4 is 10.2 Å². The fraction of sp³-hybridized carbons (Fsp3) is 0.636. The van der Waals surface area contributed by atoms with Crippen LogP contribution in [0, 0.1) is 0 Å². The van der Waals surface area contributed by atoms with E-state index in [0.29, 0.717) is 12.0 Å². The summed E-state index contributed by atoms with van der Waals surface area (Å²) in [6.45, 7) is 5.64. The van der Waals surface area contributed by atoms with Crippen LogP contribution >= 0.6 is 11.8 Å². The van der Waals surface area contributed by atoms with E-state index in [2.05, 4.69) is 10.2 Å². The van der Waals surface area contributed by atoms with Gasteiger partial charge in [0.1, 0.15) is 0 Å². The maximum absolute atomic E-state index is 12.9. The standard InChI is InChI=1S/C22H31N3O2S/c1-2-20(26)25-10-7-17-15-18(5-6-19(17)25)21(27)23-16-22(8-3-4-9-22)24-11-13-28-14-12-24/h5-6,15H,2-4,7-14,16H2,1H3,(H,23,27). The van der Waals surface area contributed by atoms with E-state index < -0.39 is 0 Å². The van der Waals surface area contributed by atoms with Gasteiger partial charge < -0.3 is 10.2 Å². The minimum atomic E-state index is 0.0146. The quantitative estimate of drug-likeness (QED) is 0.824. The molecule has 28 heavy (non-hydrogen) atoms. The predicted molar refractivity (Wildman–Crippen MR) is 115 cm³/mol. The van der Waals surface area contributed by atoms with Gasteiger partial charge in [0.05, 0.1) is 0 Å². The number of hydrogen-bond acceptors (Lipinski definition) is 4. The Morgan fingerprint density at radius 1 is 1.14 bits per heavy atom. The van der Waals surface area contributed by atoms with E-state index in [1.165, 1.54) is 37.2 Å². The molecule has 2 heterocycles. The molecule has 0 radical (unpaired) electrons. The van der Waals surface area contributed by atoms with Crippen LogP contribution in [0.25, 0.3) is 0 Å². The molecule has 0 spiro atoms. The van der Waals surface area contributed by atoms with Crippen LogP contribution in [0.2, 0.25) is 0 Å². The van der Waals surface area contributed by atoms with Gasteiger partial charge in [-0.05, 0) is 43.0 Å². The first kappa shape index (κ1) is 19.8. The molecule has 5 nitrogen and oxygen atoms in total. The molecule has 0 bridgehead atoms. The van der Waals surface area contributed by atoms with E-state index in [1.54, 1.807) is 0 Å². The van der Waals surface area contributed by atoms with Crippen molar-refractivity contribution in [2.75, 3.05) is 42.6 Å². The van der Waals surface area contributed by atoms with Gasteiger partial charge in [-0.25, -0.2) is 0 Å². The van der Waals surface area contributed by atoms with E-state index in [1.807, 2.05) is 41.8 Å². The molecule has 0 aromatic heterocycles. The second-order valence-corrected chi connectivity index (χ2v) is 9.43. The molecule has 0 atom stereocenters. The zero-order chi connectivity index (χ0) is 19.6. The molecular weight excluding hydrogens is 370 g/mol. The molecule has 1 aliphatic carbocycles. The van der Waals surface area contributed by atoms with Gasteiger partial charge in [0, 0.05) is 60.9 Å². The van der Waals surface area contributed by atoms with Crippen molar-refractivity contribution in [3.8, 4) is 0 Å². The molecular formula is C22H31N3O2S. The molecule has 0 unspecified atom stereocenters. The second kappa shape index (κ2) is 8.46. The van der Waals surface area contributed by atoms with Gasteiger partial charge in [0.15, 0.2) is 0 Å². The van der Waals surface area contributed by atoms with Crippen molar-refractivity contribution in [2.45, 2.75) is 51.0 Å². The third-order valence-corrected chi connectivity index (χ3v) is 7.58. The first-order valence-electron chi connectivity index (χ1n) is 10.7. The highest BCUT2D eigenvalue weighted by atomic mass is 32.2. The maximum atomic E-state index is 12.9. The minimum Gasteiger partial charge on any atom is -0.350 e. The highest BCUT2D eigenvalue weighted by Crippen LogP contribution is 2.36. The van der Waals surface area contributed by atoms with Gasteiger partial charge in [0.25, 0.3) is 5.91 Å². The van der Waals surface area contributed by atoms with Gasteiger partial charge in [-0.15, -0.1) is 0 Å². The zero-order valence-corrected chi connectivity index (χ0v) is 17.7. The summed E-state index contributed by atoms with van der Waals surface area (Å²) in [5, 5.41) is 3.25. The van der Waals surface area contributed by atoms with Crippen molar-refractivity contribution in [2.24, 2.45) is 0 Å². The summed E-state index contributed by atoms with van der Waals surface area (Å²) in [5.74, 6) is 2.57. The van der Waals surface area contributed by atoms with Crippen molar-refractivity contribution in [1.29, 1.82) is 0 Å². The van der Waals surface area contributed by atoms with Crippen molar-refractivity contribution in [1.82, 2.24) is 10.2 Å². The molecule has 1 saturated heterocycles.